The number of anilines is 1. The van der Waals surface area contributed by atoms with Crippen LogP contribution in [0, 0.1) is 5.82 Å². The van der Waals surface area contributed by atoms with E-state index < -0.39 is 11.7 Å². The normalized spacial score (nSPS) is 18.1. The number of fused-ring (bicyclic) bond motifs is 2. The van der Waals surface area contributed by atoms with E-state index in [1.54, 1.807) is 0 Å². The molecule has 2 aliphatic heterocycles. The third-order valence-corrected chi connectivity index (χ3v) is 6.20. The highest BCUT2D eigenvalue weighted by Crippen LogP contribution is 2.44. The molecule has 1 fully saturated rings. The zero-order valence-electron chi connectivity index (χ0n) is 15.9. The molecule has 0 radical (unpaired) electrons. The lowest BCUT2D eigenvalue weighted by molar-refractivity contribution is -0.0379. The fourth-order valence-electron chi connectivity index (χ4n) is 4.12. The Morgan fingerprint density at radius 3 is 2.62 bits per heavy atom. The molecule has 1 amide bonds. The van der Waals surface area contributed by atoms with Crippen molar-refractivity contribution in [3.8, 4) is 0 Å². The van der Waals surface area contributed by atoms with Gasteiger partial charge >= 0.3 is 6.09 Å². The second-order valence-corrected chi connectivity index (χ2v) is 8.49. The number of Topliss-reactive ketones (excluding diaryl/α,β-unsaturated/α-hetero) is 1. The average molecular weight is 461 g/mol. The van der Waals surface area contributed by atoms with Gasteiger partial charge in [0.1, 0.15) is 11.4 Å². The molecule has 2 aliphatic rings. The Bertz CT molecular complexity index is 924. The van der Waals surface area contributed by atoms with Crippen molar-refractivity contribution in [1.82, 2.24) is 4.90 Å². The van der Waals surface area contributed by atoms with E-state index in [0.717, 1.165) is 54.6 Å². The Labute approximate surface area is 177 Å². The second-order valence-electron chi connectivity index (χ2n) is 7.57. The highest BCUT2D eigenvalue weighted by Gasteiger charge is 2.44. The molecule has 1 saturated heterocycles. The maximum Gasteiger partial charge on any atom is 0.412 e. The van der Waals surface area contributed by atoms with E-state index in [1.807, 2.05) is 18.2 Å². The van der Waals surface area contributed by atoms with Gasteiger partial charge < -0.3 is 9.64 Å². The fourth-order valence-corrected chi connectivity index (χ4v) is 4.48. The first kappa shape index (κ1) is 20.0. The quantitative estimate of drug-likeness (QED) is 0.630. The van der Waals surface area contributed by atoms with Crippen LogP contribution < -0.4 is 5.32 Å². The molecular weight excluding hydrogens is 439 g/mol. The van der Waals surface area contributed by atoms with Crippen molar-refractivity contribution in [2.45, 2.75) is 31.3 Å². The van der Waals surface area contributed by atoms with Gasteiger partial charge in [-0.15, -0.1) is 0 Å². The first-order valence-corrected chi connectivity index (χ1v) is 10.6. The fraction of sp³-hybridized carbons (Fsp3) is 0.364. The van der Waals surface area contributed by atoms with Crippen LogP contribution in [0.4, 0.5) is 14.9 Å². The third-order valence-electron chi connectivity index (χ3n) is 5.71. The summed E-state index contributed by atoms with van der Waals surface area (Å²) in [5.74, 6) is -0.305. The Kier molecular flexibility index (Phi) is 5.69. The number of rotatable bonds is 5. The number of carbonyl (C=O) groups excluding carboxylic acids is 2. The Hall–Kier alpha value is -2.25. The first-order valence-electron chi connectivity index (χ1n) is 9.76. The molecular formula is C22H22BrFN2O3. The van der Waals surface area contributed by atoms with E-state index in [4.69, 9.17) is 4.74 Å². The minimum absolute atomic E-state index is 0.0320. The molecule has 7 heteroatoms. The molecule has 1 N–H and O–H groups in total. The van der Waals surface area contributed by atoms with Crippen LogP contribution >= 0.6 is 15.9 Å². The van der Waals surface area contributed by atoms with Gasteiger partial charge in [-0.3, -0.25) is 10.1 Å². The van der Waals surface area contributed by atoms with Gasteiger partial charge in [0.15, 0.2) is 5.78 Å². The van der Waals surface area contributed by atoms with Gasteiger partial charge in [0.2, 0.25) is 0 Å². The molecule has 0 aromatic heterocycles. The number of hydrogen-bond donors (Lipinski definition) is 1. The molecule has 0 atom stereocenters. The number of carbonyl (C=O) groups is 2. The number of amides is 1. The van der Waals surface area contributed by atoms with Gasteiger partial charge in [0, 0.05) is 48.0 Å². The lowest BCUT2D eigenvalue weighted by Crippen LogP contribution is -2.48. The van der Waals surface area contributed by atoms with Crippen LogP contribution in [0.1, 0.15) is 41.6 Å². The van der Waals surface area contributed by atoms with Crippen molar-refractivity contribution < 1.29 is 18.7 Å². The third kappa shape index (κ3) is 4.36. The summed E-state index contributed by atoms with van der Waals surface area (Å²) in [6, 6.07) is 11.5. The number of likely N-dealkylation sites (tertiary alicyclic amines) is 1. The van der Waals surface area contributed by atoms with E-state index in [1.165, 1.54) is 24.3 Å². The number of nitrogens with one attached hydrogen (secondary N) is 1. The molecule has 152 valence electrons. The lowest BCUT2D eigenvalue weighted by atomic mass is 9.82. The number of ether oxygens (including phenoxy) is 1. The number of hydrogen-bond acceptors (Lipinski definition) is 4. The smallest absolute Gasteiger partial charge is 0.412 e. The summed E-state index contributed by atoms with van der Waals surface area (Å²) in [6.07, 6.45) is 2.21. The van der Waals surface area contributed by atoms with Gasteiger partial charge in [0.05, 0.1) is 5.69 Å². The summed E-state index contributed by atoms with van der Waals surface area (Å²) in [4.78, 5) is 26.6. The monoisotopic (exact) mass is 460 g/mol. The van der Waals surface area contributed by atoms with E-state index in [2.05, 4.69) is 26.1 Å². The van der Waals surface area contributed by atoms with E-state index in [-0.39, 0.29) is 11.6 Å². The highest BCUT2D eigenvalue weighted by atomic mass is 79.9. The standard InChI is InChI=1S/C22H22BrFN2O3/c23-16-5-8-19-18(14-16)22(29-21(28)25-19)9-12-26(13-10-22)11-1-2-20(27)15-3-6-17(24)7-4-15/h3-8,14H,1-2,9-13H2,(H,25,28). The minimum atomic E-state index is -0.595. The molecule has 0 unspecified atom stereocenters. The van der Waals surface area contributed by atoms with Crippen LogP contribution in [0.2, 0.25) is 0 Å². The Balaban J connectivity index is 1.33. The number of piperidine rings is 1. The molecule has 0 bridgehead atoms. The van der Waals surface area contributed by atoms with E-state index in [9.17, 15) is 14.0 Å². The van der Waals surface area contributed by atoms with Crippen molar-refractivity contribution in [1.29, 1.82) is 0 Å². The van der Waals surface area contributed by atoms with Gasteiger partial charge in [-0.05, 0) is 55.4 Å². The summed E-state index contributed by atoms with van der Waals surface area (Å²) in [5, 5.41) is 2.78. The molecule has 5 nitrogen and oxygen atoms in total. The van der Waals surface area contributed by atoms with Gasteiger partial charge in [-0.1, -0.05) is 15.9 Å². The topological polar surface area (TPSA) is 58.6 Å². The zero-order valence-corrected chi connectivity index (χ0v) is 17.5. The van der Waals surface area contributed by atoms with Crippen LogP contribution in [0.15, 0.2) is 46.9 Å². The van der Waals surface area contributed by atoms with Crippen LogP contribution in [-0.2, 0) is 10.3 Å². The number of benzene rings is 2. The van der Waals surface area contributed by atoms with Gasteiger partial charge in [0.25, 0.3) is 0 Å². The second kappa shape index (κ2) is 8.24. The maximum absolute atomic E-state index is 13.0. The largest absolute Gasteiger partial charge is 0.438 e. The Morgan fingerprint density at radius 2 is 1.90 bits per heavy atom. The summed E-state index contributed by atoms with van der Waals surface area (Å²) in [6.45, 7) is 2.40. The Morgan fingerprint density at radius 1 is 1.17 bits per heavy atom. The molecule has 2 aromatic carbocycles. The highest BCUT2D eigenvalue weighted by molar-refractivity contribution is 9.10. The molecule has 29 heavy (non-hydrogen) atoms. The SMILES string of the molecule is O=C1Nc2ccc(Br)cc2C2(CCN(CCCC(=O)c3ccc(F)cc3)CC2)O1. The summed E-state index contributed by atoms with van der Waals surface area (Å²) in [5.41, 5.74) is 1.77. The van der Waals surface area contributed by atoms with E-state index >= 15 is 0 Å². The molecule has 2 aromatic rings. The molecule has 0 saturated carbocycles. The molecule has 4 rings (SSSR count). The van der Waals surface area contributed by atoms with Crippen molar-refractivity contribution in [2.24, 2.45) is 0 Å². The van der Waals surface area contributed by atoms with E-state index in [0.29, 0.717) is 12.0 Å². The van der Waals surface area contributed by atoms with Crippen molar-refractivity contribution >= 4 is 33.5 Å². The summed E-state index contributed by atoms with van der Waals surface area (Å²) >= 11 is 3.51. The number of ketones is 1. The van der Waals surface area contributed by atoms with Crippen LogP contribution in [0.3, 0.4) is 0 Å². The maximum atomic E-state index is 13.0. The van der Waals surface area contributed by atoms with Crippen LogP contribution in [0.25, 0.3) is 0 Å². The summed E-state index contributed by atoms with van der Waals surface area (Å²) < 4.78 is 19.7. The first-order chi connectivity index (χ1) is 13.9. The zero-order chi connectivity index (χ0) is 20.4. The predicted molar refractivity (Wildman–Crippen MR) is 112 cm³/mol. The van der Waals surface area contributed by atoms with Crippen LogP contribution in [0.5, 0.6) is 0 Å². The van der Waals surface area contributed by atoms with Crippen LogP contribution in [-0.4, -0.2) is 36.4 Å². The number of nitrogens with zero attached hydrogens (tertiary/aromatic N) is 1. The predicted octanol–water partition coefficient (Wildman–Crippen LogP) is 5.10. The minimum Gasteiger partial charge on any atom is -0.438 e. The van der Waals surface area contributed by atoms with Gasteiger partial charge in [-0.25, -0.2) is 9.18 Å². The molecule has 0 aliphatic carbocycles. The van der Waals surface area contributed by atoms with Gasteiger partial charge in [-0.2, -0.15) is 0 Å². The van der Waals surface area contributed by atoms with Crippen molar-refractivity contribution in [3.05, 3.63) is 63.9 Å². The van der Waals surface area contributed by atoms with Crippen molar-refractivity contribution in [2.75, 3.05) is 25.0 Å². The lowest BCUT2D eigenvalue weighted by Gasteiger charge is -2.44. The molecule has 2 heterocycles. The average Bonchev–Trinajstić information content (AvgIpc) is 2.70. The molecule has 1 spiro atoms. The van der Waals surface area contributed by atoms with Crippen molar-refractivity contribution in [3.63, 3.8) is 0 Å². The summed E-state index contributed by atoms with van der Waals surface area (Å²) in [7, 11) is 0. The number of halogens is 2.